The van der Waals surface area contributed by atoms with E-state index in [1.165, 1.54) is 35.6 Å². The molecule has 0 saturated carbocycles. The van der Waals surface area contributed by atoms with Crippen LogP contribution in [0.15, 0.2) is 71.8 Å². The summed E-state index contributed by atoms with van der Waals surface area (Å²) in [7, 11) is 1.48. The molecule has 0 aliphatic heterocycles. The summed E-state index contributed by atoms with van der Waals surface area (Å²) in [4.78, 5) is 12.3. The second-order valence-corrected chi connectivity index (χ2v) is 7.65. The van der Waals surface area contributed by atoms with Crippen LogP contribution < -0.4 is 10.2 Å². The van der Waals surface area contributed by atoms with E-state index >= 15 is 0 Å². The van der Waals surface area contributed by atoms with Crippen LogP contribution in [0.25, 0.3) is 11.1 Å². The summed E-state index contributed by atoms with van der Waals surface area (Å²) in [6.45, 7) is 0. The first-order valence-electron chi connectivity index (χ1n) is 9.16. The van der Waals surface area contributed by atoms with Crippen LogP contribution in [0, 0.1) is 0 Å². The zero-order valence-electron chi connectivity index (χ0n) is 15.8. The Hall–Kier alpha value is -3.25. The van der Waals surface area contributed by atoms with Crippen LogP contribution in [0.5, 0.6) is 11.5 Å². The molecule has 6 heteroatoms. The number of carbonyl (C=O) groups excluding carboxylic acids is 1. The molecule has 0 atom stereocenters. The highest BCUT2D eigenvalue weighted by molar-refractivity contribution is 8.00. The molecule has 2 N–H and O–H groups in total. The van der Waals surface area contributed by atoms with Crippen molar-refractivity contribution in [1.82, 2.24) is 5.43 Å². The van der Waals surface area contributed by atoms with Crippen molar-refractivity contribution < 1.29 is 14.6 Å². The number of nitrogens with zero attached hydrogens (tertiary/aromatic N) is 1. The second-order valence-electron chi connectivity index (χ2n) is 6.56. The minimum Gasteiger partial charge on any atom is -0.504 e. The van der Waals surface area contributed by atoms with Gasteiger partial charge in [-0.3, -0.25) is 4.79 Å². The van der Waals surface area contributed by atoms with Gasteiger partial charge < -0.3 is 9.84 Å². The van der Waals surface area contributed by atoms with Gasteiger partial charge in [-0.2, -0.15) is 5.10 Å². The van der Waals surface area contributed by atoms with Crippen LogP contribution in [0.4, 0.5) is 0 Å². The van der Waals surface area contributed by atoms with Gasteiger partial charge in [0, 0.05) is 5.56 Å². The predicted octanol–water partition coefficient (Wildman–Crippen LogP) is 4.35. The summed E-state index contributed by atoms with van der Waals surface area (Å²) >= 11 is 1.58. The van der Waals surface area contributed by atoms with Gasteiger partial charge in [0.1, 0.15) is 0 Å². The number of carbonyl (C=O) groups is 1. The van der Waals surface area contributed by atoms with E-state index in [2.05, 4.69) is 34.8 Å². The number of thioether (sulfide) groups is 1. The van der Waals surface area contributed by atoms with Gasteiger partial charge in [0.05, 0.1) is 24.3 Å². The number of para-hydroxylation sites is 1. The van der Waals surface area contributed by atoms with Crippen molar-refractivity contribution in [1.29, 1.82) is 0 Å². The molecule has 1 aliphatic carbocycles. The highest BCUT2D eigenvalue weighted by Crippen LogP contribution is 2.49. The minimum atomic E-state index is -0.199. The summed E-state index contributed by atoms with van der Waals surface area (Å²) in [5.74, 6) is 0.417. The van der Waals surface area contributed by atoms with Crippen LogP contribution >= 0.6 is 11.8 Å². The largest absolute Gasteiger partial charge is 0.504 e. The SMILES string of the molecule is COc1cccc(/C=N\NC(=O)CSC2c3ccccc3-c3ccccc32)c1O. The topological polar surface area (TPSA) is 70.9 Å². The molecule has 3 aromatic carbocycles. The lowest BCUT2D eigenvalue weighted by Crippen LogP contribution is -2.20. The van der Waals surface area contributed by atoms with Crippen molar-refractivity contribution in [2.75, 3.05) is 12.9 Å². The van der Waals surface area contributed by atoms with Gasteiger partial charge in [-0.25, -0.2) is 5.43 Å². The molecule has 0 bridgehead atoms. The number of phenols is 1. The number of hydrazone groups is 1. The zero-order chi connectivity index (χ0) is 20.2. The van der Waals surface area contributed by atoms with Crippen molar-refractivity contribution in [3.05, 3.63) is 83.4 Å². The highest BCUT2D eigenvalue weighted by Gasteiger charge is 2.28. The smallest absolute Gasteiger partial charge is 0.250 e. The third kappa shape index (κ3) is 3.84. The number of amides is 1. The number of nitrogens with one attached hydrogen (secondary N) is 1. The summed E-state index contributed by atoms with van der Waals surface area (Å²) in [5.41, 5.74) is 7.92. The lowest BCUT2D eigenvalue weighted by molar-refractivity contribution is -0.118. The molecule has 4 rings (SSSR count). The summed E-state index contributed by atoms with van der Waals surface area (Å²) in [6.07, 6.45) is 1.40. The number of rotatable bonds is 6. The fourth-order valence-electron chi connectivity index (χ4n) is 3.46. The molecular formula is C23H20N2O3S. The van der Waals surface area contributed by atoms with E-state index in [9.17, 15) is 9.90 Å². The van der Waals surface area contributed by atoms with Crippen molar-refractivity contribution in [3.8, 4) is 22.6 Å². The van der Waals surface area contributed by atoms with E-state index in [-0.39, 0.29) is 22.7 Å². The maximum absolute atomic E-state index is 12.3. The molecule has 146 valence electrons. The van der Waals surface area contributed by atoms with Gasteiger partial charge in [0.15, 0.2) is 11.5 Å². The fourth-order valence-corrected chi connectivity index (χ4v) is 4.62. The van der Waals surface area contributed by atoms with Crippen LogP contribution in [0.2, 0.25) is 0 Å². The summed E-state index contributed by atoms with van der Waals surface area (Å²) in [5, 5.41) is 14.1. The van der Waals surface area contributed by atoms with E-state index in [0.29, 0.717) is 11.3 Å². The number of fused-ring (bicyclic) bond motifs is 3. The number of ether oxygens (including phenoxy) is 1. The molecule has 0 heterocycles. The number of phenolic OH excluding ortho intramolecular Hbond substituents is 1. The van der Waals surface area contributed by atoms with E-state index in [4.69, 9.17) is 4.74 Å². The number of hydrogen-bond acceptors (Lipinski definition) is 5. The Labute approximate surface area is 173 Å². The van der Waals surface area contributed by atoms with Gasteiger partial charge in [-0.1, -0.05) is 54.6 Å². The Morgan fingerprint density at radius 3 is 2.38 bits per heavy atom. The van der Waals surface area contributed by atoms with Gasteiger partial charge in [-0.05, 0) is 34.4 Å². The van der Waals surface area contributed by atoms with Gasteiger partial charge in [0.2, 0.25) is 5.91 Å². The Balaban J connectivity index is 1.41. The van der Waals surface area contributed by atoms with Gasteiger partial charge in [-0.15, -0.1) is 11.8 Å². The van der Waals surface area contributed by atoms with Gasteiger partial charge in [0.25, 0.3) is 0 Å². The predicted molar refractivity (Wildman–Crippen MR) is 117 cm³/mol. The lowest BCUT2D eigenvalue weighted by atomic mass is 10.1. The first-order chi connectivity index (χ1) is 14.2. The van der Waals surface area contributed by atoms with E-state index in [1.807, 2.05) is 24.3 Å². The number of methoxy groups -OCH3 is 1. The summed E-state index contributed by atoms with van der Waals surface area (Å²) in [6, 6.07) is 21.7. The Morgan fingerprint density at radius 1 is 1.07 bits per heavy atom. The minimum absolute atomic E-state index is 0.0125. The molecule has 29 heavy (non-hydrogen) atoms. The molecule has 0 fully saturated rings. The lowest BCUT2D eigenvalue weighted by Gasteiger charge is -2.12. The van der Waals surface area contributed by atoms with Crippen molar-refractivity contribution >= 4 is 23.9 Å². The molecular weight excluding hydrogens is 384 g/mol. The maximum atomic E-state index is 12.3. The maximum Gasteiger partial charge on any atom is 0.250 e. The van der Waals surface area contributed by atoms with E-state index in [0.717, 1.165) is 0 Å². The van der Waals surface area contributed by atoms with Crippen LogP contribution in [0.3, 0.4) is 0 Å². The van der Waals surface area contributed by atoms with Crippen molar-refractivity contribution in [2.45, 2.75) is 5.25 Å². The average Bonchev–Trinajstić information content (AvgIpc) is 3.07. The average molecular weight is 404 g/mol. The quantitative estimate of drug-likeness (QED) is 0.473. The Morgan fingerprint density at radius 2 is 1.72 bits per heavy atom. The first-order valence-corrected chi connectivity index (χ1v) is 10.2. The third-order valence-electron chi connectivity index (χ3n) is 4.80. The Bertz CT molecular complexity index is 1040. The first kappa shape index (κ1) is 19.1. The van der Waals surface area contributed by atoms with Crippen LogP contribution in [-0.2, 0) is 4.79 Å². The number of aromatic hydroxyl groups is 1. The van der Waals surface area contributed by atoms with E-state index in [1.54, 1.807) is 30.0 Å². The third-order valence-corrected chi connectivity index (χ3v) is 6.07. The second kappa shape index (κ2) is 8.41. The molecule has 1 aliphatic rings. The molecule has 0 radical (unpaired) electrons. The summed E-state index contributed by atoms with van der Waals surface area (Å²) < 4.78 is 5.06. The van der Waals surface area contributed by atoms with Crippen molar-refractivity contribution in [2.24, 2.45) is 5.10 Å². The monoisotopic (exact) mass is 404 g/mol. The highest BCUT2D eigenvalue weighted by atomic mass is 32.2. The number of benzene rings is 3. The number of hydrogen-bond donors (Lipinski definition) is 2. The molecule has 0 aromatic heterocycles. The zero-order valence-corrected chi connectivity index (χ0v) is 16.6. The fraction of sp³-hybridized carbons (Fsp3) is 0.130. The molecule has 1 amide bonds. The standard InChI is InChI=1S/C23H20N2O3S/c1-28-20-12-6-7-15(22(20)27)13-24-25-21(26)14-29-23-18-10-4-2-8-16(18)17-9-3-5-11-19(17)23/h2-13,23,27H,14H2,1H3,(H,25,26)/b24-13-. The normalized spacial score (nSPS) is 12.6. The molecule has 3 aromatic rings. The molecule has 0 unspecified atom stereocenters. The van der Waals surface area contributed by atoms with E-state index < -0.39 is 0 Å². The van der Waals surface area contributed by atoms with Crippen molar-refractivity contribution in [3.63, 3.8) is 0 Å². The Kier molecular flexibility index (Phi) is 5.53. The molecule has 0 spiro atoms. The molecule has 5 nitrogen and oxygen atoms in total. The van der Waals surface area contributed by atoms with Crippen LogP contribution in [-0.4, -0.2) is 30.1 Å². The molecule has 0 saturated heterocycles. The van der Waals surface area contributed by atoms with Gasteiger partial charge >= 0.3 is 0 Å². The van der Waals surface area contributed by atoms with Crippen LogP contribution in [0.1, 0.15) is 21.9 Å².